The molecule has 0 saturated heterocycles. The zero-order valence-electron chi connectivity index (χ0n) is 15.5. The highest BCUT2D eigenvalue weighted by molar-refractivity contribution is 6.08. The maximum absolute atomic E-state index is 12.6. The van der Waals surface area contributed by atoms with E-state index in [9.17, 15) is 9.59 Å². The van der Waals surface area contributed by atoms with Gasteiger partial charge in [-0.2, -0.15) is 0 Å². The van der Waals surface area contributed by atoms with Crippen molar-refractivity contribution < 1.29 is 14.3 Å². The molecule has 0 bridgehead atoms. The summed E-state index contributed by atoms with van der Waals surface area (Å²) in [6.07, 6.45) is 5.20. The standard InChI is InChI=1S/C21H25N3O3/c1-27-19-12-11-15(23-21(26)16-9-5-6-10-17(16)22)13-18(19)24-20(25)14-7-3-2-4-8-14/h5-6,9-14H,2-4,7-8,22H2,1H3,(H,23,26)(H,24,25). The van der Waals surface area contributed by atoms with E-state index in [0.717, 1.165) is 25.7 Å². The normalized spacial score (nSPS) is 14.4. The Morgan fingerprint density at radius 1 is 1.04 bits per heavy atom. The van der Waals surface area contributed by atoms with Crippen LogP contribution in [0.25, 0.3) is 0 Å². The van der Waals surface area contributed by atoms with Gasteiger partial charge in [0.25, 0.3) is 5.91 Å². The second-order valence-corrected chi connectivity index (χ2v) is 6.78. The molecule has 1 aliphatic carbocycles. The zero-order valence-corrected chi connectivity index (χ0v) is 15.5. The fraction of sp³-hybridized carbons (Fsp3) is 0.333. The molecule has 2 aromatic carbocycles. The Hall–Kier alpha value is -3.02. The topological polar surface area (TPSA) is 93.4 Å². The van der Waals surface area contributed by atoms with Gasteiger partial charge in [0, 0.05) is 17.3 Å². The second-order valence-electron chi connectivity index (χ2n) is 6.78. The molecular weight excluding hydrogens is 342 g/mol. The van der Waals surface area contributed by atoms with Crippen LogP contribution in [-0.4, -0.2) is 18.9 Å². The van der Waals surface area contributed by atoms with Gasteiger partial charge in [0.15, 0.2) is 0 Å². The first-order valence-corrected chi connectivity index (χ1v) is 9.23. The van der Waals surface area contributed by atoms with Gasteiger partial charge in [-0.1, -0.05) is 31.4 Å². The van der Waals surface area contributed by atoms with Gasteiger partial charge in [0.05, 0.1) is 18.4 Å². The number of methoxy groups -OCH3 is 1. The number of amides is 2. The third kappa shape index (κ3) is 4.58. The first-order valence-electron chi connectivity index (χ1n) is 9.23. The van der Waals surface area contributed by atoms with Crippen LogP contribution in [0.5, 0.6) is 5.75 Å². The van der Waals surface area contributed by atoms with Crippen molar-refractivity contribution in [1.29, 1.82) is 0 Å². The number of nitrogen functional groups attached to an aromatic ring is 1. The number of carbonyl (C=O) groups is 2. The first-order chi connectivity index (χ1) is 13.1. The summed E-state index contributed by atoms with van der Waals surface area (Å²) in [6, 6.07) is 12.0. The smallest absolute Gasteiger partial charge is 0.257 e. The molecular formula is C21H25N3O3. The van der Waals surface area contributed by atoms with Crippen molar-refractivity contribution >= 4 is 28.9 Å². The number of nitrogens with two attached hydrogens (primary N) is 1. The van der Waals surface area contributed by atoms with Crippen molar-refractivity contribution in [2.45, 2.75) is 32.1 Å². The number of carbonyl (C=O) groups excluding carboxylic acids is 2. The van der Waals surface area contributed by atoms with E-state index >= 15 is 0 Å². The fourth-order valence-electron chi connectivity index (χ4n) is 3.39. The van der Waals surface area contributed by atoms with Crippen molar-refractivity contribution in [3.63, 3.8) is 0 Å². The Morgan fingerprint density at radius 3 is 2.48 bits per heavy atom. The Bertz CT molecular complexity index is 829. The van der Waals surface area contributed by atoms with Crippen LogP contribution in [0.1, 0.15) is 42.5 Å². The maximum atomic E-state index is 12.6. The van der Waals surface area contributed by atoms with Crippen LogP contribution < -0.4 is 21.1 Å². The number of benzene rings is 2. The quantitative estimate of drug-likeness (QED) is 0.695. The Balaban J connectivity index is 1.75. The molecule has 2 amide bonds. The largest absolute Gasteiger partial charge is 0.495 e. The van der Waals surface area contributed by atoms with Crippen molar-refractivity contribution in [1.82, 2.24) is 0 Å². The molecule has 6 heteroatoms. The Kier molecular flexibility index (Phi) is 5.96. The monoisotopic (exact) mass is 367 g/mol. The molecule has 2 aromatic rings. The van der Waals surface area contributed by atoms with Crippen LogP contribution in [0.4, 0.5) is 17.1 Å². The average Bonchev–Trinajstić information content (AvgIpc) is 2.69. The molecule has 6 nitrogen and oxygen atoms in total. The van der Waals surface area contributed by atoms with Crippen LogP contribution >= 0.6 is 0 Å². The molecule has 0 unspecified atom stereocenters. The van der Waals surface area contributed by atoms with E-state index in [1.165, 1.54) is 6.42 Å². The lowest BCUT2D eigenvalue weighted by Gasteiger charge is -2.21. The number of hydrogen-bond acceptors (Lipinski definition) is 4. The number of para-hydroxylation sites is 1. The van der Waals surface area contributed by atoms with Crippen LogP contribution in [0.3, 0.4) is 0 Å². The lowest BCUT2D eigenvalue weighted by Crippen LogP contribution is -2.25. The predicted molar refractivity (Wildman–Crippen MR) is 107 cm³/mol. The van der Waals surface area contributed by atoms with E-state index in [1.807, 2.05) is 0 Å². The number of nitrogens with one attached hydrogen (secondary N) is 2. The van der Waals surface area contributed by atoms with E-state index in [1.54, 1.807) is 49.6 Å². The molecule has 4 N–H and O–H groups in total. The maximum Gasteiger partial charge on any atom is 0.257 e. The molecule has 1 fully saturated rings. The number of anilines is 3. The average molecular weight is 367 g/mol. The van der Waals surface area contributed by atoms with Crippen molar-refractivity contribution in [3.8, 4) is 5.75 Å². The molecule has 3 rings (SSSR count). The summed E-state index contributed by atoms with van der Waals surface area (Å²) in [6.45, 7) is 0. The minimum absolute atomic E-state index is 0.00350. The minimum atomic E-state index is -0.303. The van der Waals surface area contributed by atoms with Crippen molar-refractivity contribution in [3.05, 3.63) is 48.0 Å². The molecule has 142 valence electrons. The lowest BCUT2D eigenvalue weighted by atomic mass is 9.88. The summed E-state index contributed by atoms with van der Waals surface area (Å²) in [5.74, 6) is 0.286. The predicted octanol–water partition coefficient (Wildman–Crippen LogP) is 4.05. The van der Waals surface area contributed by atoms with Gasteiger partial charge in [0.1, 0.15) is 5.75 Å². The summed E-state index contributed by atoms with van der Waals surface area (Å²) in [7, 11) is 1.55. The van der Waals surface area contributed by atoms with Crippen molar-refractivity contribution in [2.24, 2.45) is 5.92 Å². The molecule has 0 aromatic heterocycles. The highest BCUT2D eigenvalue weighted by Crippen LogP contribution is 2.31. The molecule has 1 saturated carbocycles. The summed E-state index contributed by atoms with van der Waals surface area (Å²) in [5, 5.41) is 5.77. The lowest BCUT2D eigenvalue weighted by molar-refractivity contribution is -0.120. The van der Waals surface area contributed by atoms with Crippen molar-refractivity contribution in [2.75, 3.05) is 23.5 Å². The first kappa shape index (κ1) is 18.8. The zero-order chi connectivity index (χ0) is 19.2. The SMILES string of the molecule is COc1ccc(NC(=O)c2ccccc2N)cc1NC(=O)C1CCCCC1. The molecule has 0 heterocycles. The van der Waals surface area contributed by atoms with E-state index in [-0.39, 0.29) is 17.7 Å². The van der Waals surface area contributed by atoms with Gasteiger partial charge >= 0.3 is 0 Å². The summed E-state index contributed by atoms with van der Waals surface area (Å²) in [4.78, 5) is 25.0. The molecule has 1 aliphatic rings. The van der Waals surface area contributed by atoms with Gasteiger partial charge in [-0.15, -0.1) is 0 Å². The fourth-order valence-corrected chi connectivity index (χ4v) is 3.39. The Labute approximate surface area is 159 Å². The highest BCUT2D eigenvalue weighted by Gasteiger charge is 2.22. The van der Waals surface area contributed by atoms with E-state index in [0.29, 0.717) is 28.4 Å². The van der Waals surface area contributed by atoms with Crippen LogP contribution in [0, 0.1) is 5.92 Å². The molecule has 0 aliphatic heterocycles. The third-order valence-electron chi connectivity index (χ3n) is 4.90. The van der Waals surface area contributed by atoms with E-state index in [4.69, 9.17) is 10.5 Å². The molecule has 27 heavy (non-hydrogen) atoms. The molecule has 0 spiro atoms. The second kappa shape index (κ2) is 8.58. The van der Waals surface area contributed by atoms with Crippen LogP contribution in [-0.2, 0) is 4.79 Å². The highest BCUT2D eigenvalue weighted by atomic mass is 16.5. The molecule has 0 atom stereocenters. The van der Waals surface area contributed by atoms with Gasteiger partial charge < -0.3 is 21.1 Å². The summed E-state index contributed by atoms with van der Waals surface area (Å²) in [5.41, 5.74) is 7.78. The van der Waals surface area contributed by atoms with E-state index < -0.39 is 0 Å². The van der Waals surface area contributed by atoms with Gasteiger partial charge in [-0.3, -0.25) is 9.59 Å². The van der Waals surface area contributed by atoms with Gasteiger partial charge in [-0.25, -0.2) is 0 Å². The summed E-state index contributed by atoms with van der Waals surface area (Å²) >= 11 is 0. The van der Waals surface area contributed by atoms with Gasteiger partial charge in [-0.05, 0) is 43.2 Å². The summed E-state index contributed by atoms with van der Waals surface area (Å²) < 4.78 is 5.35. The number of hydrogen-bond donors (Lipinski definition) is 3. The molecule has 0 radical (unpaired) electrons. The van der Waals surface area contributed by atoms with Gasteiger partial charge in [0.2, 0.25) is 5.91 Å². The number of ether oxygens (including phenoxy) is 1. The Morgan fingerprint density at radius 2 is 1.78 bits per heavy atom. The number of rotatable bonds is 5. The van der Waals surface area contributed by atoms with Crippen LogP contribution in [0.2, 0.25) is 0 Å². The van der Waals surface area contributed by atoms with E-state index in [2.05, 4.69) is 10.6 Å². The minimum Gasteiger partial charge on any atom is -0.495 e. The van der Waals surface area contributed by atoms with Crippen LogP contribution in [0.15, 0.2) is 42.5 Å². The third-order valence-corrected chi connectivity index (χ3v) is 4.90.